The Kier molecular flexibility index (Phi) is 6.52. The Balaban J connectivity index is 1.90. The highest BCUT2D eigenvalue weighted by Gasteiger charge is 2.25. The van der Waals surface area contributed by atoms with E-state index >= 15 is 0 Å². The van der Waals surface area contributed by atoms with E-state index in [0.717, 1.165) is 11.3 Å². The van der Waals surface area contributed by atoms with Crippen molar-refractivity contribution in [3.05, 3.63) is 35.9 Å². The molecule has 0 bridgehead atoms. The lowest BCUT2D eigenvalue weighted by Gasteiger charge is -2.33. The summed E-state index contributed by atoms with van der Waals surface area (Å²) in [7, 11) is 0. The summed E-state index contributed by atoms with van der Waals surface area (Å²) < 4.78 is 10.4. The van der Waals surface area contributed by atoms with Crippen molar-refractivity contribution in [3.8, 4) is 0 Å². The molecule has 0 aromatic heterocycles. The topological polar surface area (TPSA) is 80.2 Å². The van der Waals surface area contributed by atoms with E-state index in [2.05, 4.69) is 15.4 Å². The molecule has 0 saturated carbocycles. The zero-order valence-corrected chi connectivity index (χ0v) is 14.9. The Morgan fingerprint density at radius 2 is 1.88 bits per heavy atom. The number of nitrogens with zero attached hydrogens (tertiary/aromatic N) is 2. The van der Waals surface area contributed by atoms with Gasteiger partial charge in [-0.15, -0.1) is 0 Å². The van der Waals surface area contributed by atoms with Crippen molar-refractivity contribution in [2.24, 2.45) is 5.10 Å². The van der Waals surface area contributed by atoms with Crippen LogP contribution in [0.3, 0.4) is 0 Å². The molecule has 1 fully saturated rings. The molecule has 1 aliphatic heterocycles. The van der Waals surface area contributed by atoms with Gasteiger partial charge in [-0.1, -0.05) is 30.3 Å². The SMILES string of the molecule is CC(C)(C)OC(=O)NN=C1CCN(C(OC=O)c2ccccc2)CC1. The molecule has 1 unspecified atom stereocenters. The van der Waals surface area contributed by atoms with Crippen LogP contribution in [0.4, 0.5) is 4.79 Å². The number of amides is 1. The van der Waals surface area contributed by atoms with E-state index in [-0.39, 0.29) is 0 Å². The fourth-order valence-corrected chi connectivity index (χ4v) is 2.60. The van der Waals surface area contributed by atoms with E-state index in [1.54, 1.807) is 20.8 Å². The molecular weight excluding hydrogens is 322 g/mol. The number of rotatable bonds is 5. The van der Waals surface area contributed by atoms with Gasteiger partial charge in [-0.2, -0.15) is 5.10 Å². The van der Waals surface area contributed by atoms with Gasteiger partial charge in [0, 0.05) is 37.2 Å². The van der Waals surface area contributed by atoms with Crippen LogP contribution in [0.5, 0.6) is 0 Å². The minimum atomic E-state index is -0.561. The Morgan fingerprint density at radius 3 is 2.44 bits per heavy atom. The van der Waals surface area contributed by atoms with E-state index in [4.69, 9.17) is 9.47 Å². The fourth-order valence-electron chi connectivity index (χ4n) is 2.60. The van der Waals surface area contributed by atoms with Gasteiger partial charge in [0.2, 0.25) is 0 Å². The molecule has 1 N–H and O–H groups in total. The number of hydrazone groups is 1. The van der Waals surface area contributed by atoms with Crippen LogP contribution in [0.1, 0.15) is 45.4 Å². The number of likely N-dealkylation sites (tertiary alicyclic amines) is 1. The summed E-state index contributed by atoms with van der Waals surface area (Å²) in [5, 5.41) is 4.13. The normalized spacial score (nSPS) is 16.7. The Hall–Kier alpha value is -2.41. The Labute approximate surface area is 148 Å². The van der Waals surface area contributed by atoms with E-state index in [1.165, 1.54) is 0 Å². The summed E-state index contributed by atoms with van der Waals surface area (Å²) in [6.45, 7) is 7.24. The molecule has 1 amide bonds. The van der Waals surface area contributed by atoms with E-state index in [9.17, 15) is 9.59 Å². The standard InChI is InChI=1S/C18H25N3O4/c1-18(2,3)25-17(23)20-19-15-9-11-21(12-10-15)16(24-13-22)14-7-5-4-6-8-14/h4-8,13,16H,9-12H2,1-3H3,(H,20,23). The van der Waals surface area contributed by atoms with Crippen LogP contribution in [0.2, 0.25) is 0 Å². The molecule has 136 valence electrons. The molecule has 1 heterocycles. The van der Waals surface area contributed by atoms with E-state index in [0.29, 0.717) is 32.4 Å². The number of hydrogen-bond acceptors (Lipinski definition) is 6. The Morgan fingerprint density at radius 1 is 1.24 bits per heavy atom. The third kappa shape index (κ3) is 6.19. The second-order valence-electron chi connectivity index (χ2n) is 6.82. The van der Waals surface area contributed by atoms with Crippen molar-refractivity contribution >= 4 is 18.3 Å². The van der Waals surface area contributed by atoms with Crippen molar-refractivity contribution in [1.82, 2.24) is 10.3 Å². The van der Waals surface area contributed by atoms with E-state index < -0.39 is 17.9 Å². The molecule has 1 atom stereocenters. The summed E-state index contributed by atoms with van der Waals surface area (Å²) in [5.41, 5.74) is 3.70. The van der Waals surface area contributed by atoms with Gasteiger partial charge in [0.15, 0.2) is 6.23 Å². The van der Waals surface area contributed by atoms with Gasteiger partial charge in [0.1, 0.15) is 5.60 Å². The average Bonchev–Trinajstić information content (AvgIpc) is 2.58. The summed E-state index contributed by atoms with van der Waals surface area (Å²) in [5.74, 6) is 0. The van der Waals surface area contributed by atoms with Crippen LogP contribution in [0.25, 0.3) is 0 Å². The third-order valence-electron chi connectivity index (χ3n) is 3.68. The van der Waals surface area contributed by atoms with Gasteiger partial charge in [-0.05, 0) is 20.8 Å². The summed E-state index contributed by atoms with van der Waals surface area (Å²) >= 11 is 0. The van der Waals surface area contributed by atoms with E-state index in [1.807, 2.05) is 30.3 Å². The highest BCUT2D eigenvalue weighted by molar-refractivity contribution is 5.86. The van der Waals surface area contributed by atoms with Crippen LogP contribution in [0, 0.1) is 0 Å². The van der Waals surface area contributed by atoms with Crippen LogP contribution < -0.4 is 5.43 Å². The van der Waals surface area contributed by atoms with Crippen LogP contribution in [-0.2, 0) is 14.3 Å². The van der Waals surface area contributed by atoms with Crippen molar-refractivity contribution in [1.29, 1.82) is 0 Å². The number of nitrogens with one attached hydrogen (secondary N) is 1. The largest absolute Gasteiger partial charge is 0.444 e. The van der Waals surface area contributed by atoms with Gasteiger partial charge in [-0.3, -0.25) is 9.69 Å². The maximum Gasteiger partial charge on any atom is 0.428 e. The van der Waals surface area contributed by atoms with Gasteiger partial charge in [0.25, 0.3) is 6.47 Å². The predicted molar refractivity (Wildman–Crippen MR) is 93.9 cm³/mol. The fraction of sp³-hybridized carbons (Fsp3) is 0.500. The van der Waals surface area contributed by atoms with Crippen molar-refractivity contribution in [2.45, 2.75) is 45.4 Å². The summed E-state index contributed by atoms with van der Waals surface area (Å²) in [6, 6.07) is 9.62. The number of carbonyl (C=O) groups excluding carboxylic acids is 2. The van der Waals surface area contributed by atoms with Gasteiger partial charge < -0.3 is 9.47 Å². The second kappa shape index (κ2) is 8.62. The molecule has 25 heavy (non-hydrogen) atoms. The van der Waals surface area contributed by atoms with Crippen molar-refractivity contribution in [2.75, 3.05) is 13.1 Å². The van der Waals surface area contributed by atoms with Gasteiger partial charge >= 0.3 is 6.09 Å². The number of piperidine rings is 1. The minimum Gasteiger partial charge on any atom is -0.444 e. The molecule has 1 saturated heterocycles. The number of carbonyl (C=O) groups is 2. The smallest absolute Gasteiger partial charge is 0.428 e. The first-order valence-electron chi connectivity index (χ1n) is 8.31. The molecule has 0 spiro atoms. The first-order valence-corrected chi connectivity index (χ1v) is 8.31. The zero-order chi connectivity index (χ0) is 18.3. The average molecular weight is 347 g/mol. The molecule has 1 aliphatic rings. The summed E-state index contributed by atoms with van der Waals surface area (Å²) in [6.07, 6.45) is 0.399. The lowest BCUT2D eigenvalue weighted by Crippen LogP contribution is -2.39. The Bertz CT molecular complexity index is 600. The predicted octanol–water partition coefficient (Wildman–Crippen LogP) is 2.83. The minimum absolute atomic E-state index is 0.404. The highest BCUT2D eigenvalue weighted by atomic mass is 16.6. The highest BCUT2D eigenvalue weighted by Crippen LogP contribution is 2.24. The first kappa shape index (κ1) is 18.9. The number of ether oxygens (including phenoxy) is 2. The van der Waals surface area contributed by atoms with Crippen LogP contribution in [0.15, 0.2) is 35.4 Å². The number of benzene rings is 1. The van der Waals surface area contributed by atoms with Crippen molar-refractivity contribution in [3.63, 3.8) is 0 Å². The quantitative estimate of drug-likeness (QED) is 0.654. The van der Waals surface area contributed by atoms with Crippen LogP contribution >= 0.6 is 0 Å². The summed E-state index contributed by atoms with van der Waals surface area (Å²) in [4.78, 5) is 24.6. The number of hydrogen-bond donors (Lipinski definition) is 1. The lowest BCUT2D eigenvalue weighted by molar-refractivity contribution is -0.144. The maximum atomic E-state index is 11.6. The molecular formula is C18H25N3O4. The lowest BCUT2D eigenvalue weighted by atomic mass is 10.1. The molecule has 0 radical (unpaired) electrons. The third-order valence-corrected chi connectivity index (χ3v) is 3.68. The molecule has 0 aliphatic carbocycles. The first-order chi connectivity index (χ1) is 11.9. The van der Waals surface area contributed by atoms with Gasteiger partial charge in [0.05, 0.1) is 0 Å². The maximum absolute atomic E-state index is 11.6. The molecule has 2 rings (SSSR count). The molecule has 1 aromatic carbocycles. The monoisotopic (exact) mass is 347 g/mol. The molecule has 7 nitrogen and oxygen atoms in total. The second-order valence-corrected chi connectivity index (χ2v) is 6.82. The van der Waals surface area contributed by atoms with Crippen LogP contribution in [-0.4, -0.2) is 41.9 Å². The zero-order valence-electron chi connectivity index (χ0n) is 14.9. The molecule has 1 aromatic rings. The van der Waals surface area contributed by atoms with Gasteiger partial charge in [-0.25, -0.2) is 10.2 Å². The van der Waals surface area contributed by atoms with Crippen molar-refractivity contribution < 1.29 is 19.1 Å². The molecule has 7 heteroatoms.